The molecule has 1 spiro atoms. The minimum Gasteiger partial charge on any atom is -0.381 e. The molecule has 2 aromatic rings. The van der Waals surface area contributed by atoms with Crippen LogP contribution in [0.5, 0.6) is 0 Å². The first kappa shape index (κ1) is 17.8. The Morgan fingerprint density at radius 1 is 1.11 bits per heavy atom. The number of nitrogens with one attached hydrogen (secondary N) is 1. The number of aromatic nitrogens is 4. The highest BCUT2D eigenvalue weighted by molar-refractivity contribution is 5.93. The number of anilines is 1. The SMILES string of the molecule is Cc1cnc(CNc2ncc(C(=O)N3CCC4(CCOCC4)C3)cn2)cn1. The third kappa shape index (κ3) is 4.05. The molecule has 0 bridgehead atoms. The summed E-state index contributed by atoms with van der Waals surface area (Å²) in [5.41, 5.74) is 2.45. The second-order valence-electron chi connectivity index (χ2n) is 7.39. The summed E-state index contributed by atoms with van der Waals surface area (Å²) in [6.07, 6.45) is 9.76. The number of aryl methyl sites for hydroxylation is 1. The molecule has 27 heavy (non-hydrogen) atoms. The highest BCUT2D eigenvalue weighted by Gasteiger charge is 2.41. The monoisotopic (exact) mass is 368 g/mol. The van der Waals surface area contributed by atoms with E-state index in [1.165, 1.54) is 0 Å². The van der Waals surface area contributed by atoms with Crippen molar-refractivity contribution >= 4 is 11.9 Å². The molecule has 0 saturated carbocycles. The molecule has 4 rings (SSSR count). The normalized spacial score (nSPS) is 18.6. The van der Waals surface area contributed by atoms with Crippen molar-refractivity contribution in [1.82, 2.24) is 24.8 Å². The van der Waals surface area contributed by atoms with Crippen molar-refractivity contribution in [3.05, 3.63) is 41.7 Å². The van der Waals surface area contributed by atoms with E-state index in [1.54, 1.807) is 24.8 Å². The first-order valence-electron chi connectivity index (χ1n) is 9.34. The fraction of sp³-hybridized carbons (Fsp3) is 0.526. The number of carbonyl (C=O) groups is 1. The molecular weight excluding hydrogens is 344 g/mol. The largest absolute Gasteiger partial charge is 0.381 e. The zero-order valence-corrected chi connectivity index (χ0v) is 15.5. The van der Waals surface area contributed by atoms with Gasteiger partial charge < -0.3 is 15.0 Å². The Balaban J connectivity index is 1.34. The molecule has 2 aliphatic rings. The van der Waals surface area contributed by atoms with Crippen molar-refractivity contribution in [2.24, 2.45) is 5.41 Å². The Morgan fingerprint density at radius 2 is 1.89 bits per heavy atom. The van der Waals surface area contributed by atoms with Crippen molar-refractivity contribution in [2.75, 3.05) is 31.6 Å². The van der Waals surface area contributed by atoms with E-state index in [2.05, 4.69) is 25.3 Å². The first-order valence-corrected chi connectivity index (χ1v) is 9.34. The van der Waals surface area contributed by atoms with Crippen LogP contribution in [0.2, 0.25) is 0 Å². The van der Waals surface area contributed by atoms with Crippen molar-refractivity contribution in [1.29, 1.82) is 0 Å². The van der Waals surface area contributed by atoms with Gasteiger partial charge in [0.25, 0.3) is 5.91 Å². The van der Waals surface area contributed by atoms with Gasteiger partial charge in [0.2, 0.25) is 5.95 Å². The Labute approximate surface area is 158 Å². The number of nitrogens with zero attached hydrogens (tertiary/aromatic N) is 5. The van der Waals surface area contributed by atoms with Crippen LogP contribution < -0.4 is 5.32 Å². The van der Waals surface area contributed by atoms with Crippen LogP contribution in [0.25, 0.3) is 0 Å². The van der Waals surface area contributed by atoms with Crippen molar-refractivity contribution in [2.45, 2.75) is 32.7 Å². The summed E-state index contributed by atoms with van der Waals surface area (Å²) in [5.74, 6) is 0.477. The van der Waals surface area contributed by atoms with Crippen LogP contribution >= 0.6 is 0 Å². The summed E-state index contributed by atoms with van der Waals surface area (Å²) < 4.78 is 5.47. The molecule has 1 N–H and O–H groups in total. The van der Waals surface area contributed by atoms with Crippen LogP contribution in [0.3, 0.4) is 0 Å². The van der Waals surface area contributed by atoms with Crippen LogP contribution in [0.1, 0.15) is 41.0 Å². The topological polar surface area (TPSA) is 93.1 Å². The molecule has 0 radical (unpaired) electrons. The van der Waals surface area contributed by atoms with E-state index in [1.807, 2.05) is 11.8 Å². The summed E-state index contributed by atoms with van der Waals surface area (Å²) in [6.45, 7) is 5.59. The lowest BCUT2D eigenvalue weighted by molar-refractivity contribution is 0.0191. The van der Waals surface area contributed by atoms with E-state index in [9.17, 15) is 4.79 Å². The van der Waals surface area contributed by atoms with Gasteiger partial charge in [-0.2, -0.15) is 0 Å². The number of hydrogen-bond acceptors (Lipinski definition) is 7. The second kappa shape index (κ2) is 7.56. The molecule has 2 fully saturated rings. The maximum atomic E-state index is 12.8. The minimum atomic E-state index is 0.00863. The van der Waals surface area contributed by atoms with Crippen LogP contribution in [-0.2, 0) is 11.3 Å². The number of hydrogen-bond donors (Lipinski definition) is 1. The molecule has 0 aliphatic carbocycles. The Hall–Kier alpha value is -2.61. The van der Waals surface area contributed by atoms with Gasteiger partial charge in [-0.05, 0) is 31.6 Å². The number of likely N-dealkylation sites (tertiary alicyclic amines) is 1. The van der Waals surface area contributed by atoms with Crippen LogP contribution in [0.4, 0.5) is 5.95 Å². The molecule has 2 aromatic heterocycles. The summed E-state index contributed by atoms with van der Waals surface area (Å²) in [5, 5.41) is 3.10. The molecule has 2 aliphatic heterocycles. The van der Waals surface area contributed by atoms with Gasteiger partial charge in [0.1, 0.15) is 0 Å². The van der Waals surface area contributed by atoms with E-state index in [4.69, 9.17) is 4.74 Å². The van der Waals surface area contributed by atoms with Gasteiger partial charge in [0.05, 0.1) is 29.7 Å². The standard InChI is InChI=1S/C19H24N6O2/c1-14-8-21-16(11-20-14)12-24-18-22-9-15(10-23-18)17(26)25-5-2-19(13-25)3-6-27-7-4-19/h8-11H,2-7,12-13H2,1H3,(H,22,23,24). The van der Waals surface area contributed by atoms with Gasteiger partial charge >= 0.3 is 0 Å². The summed E-state index contributed by atoms with van der Waals surface area (Å²) in [7, 11) is 0. The van der Waals surface area contributed by atoms with Gasteiger partial charge in [-0.25, -0.2) is 9.97 Å². The predicted octanol–water partition coefficient (Wildman–Crippen LogP) is 1.83. The van der Waals surface area contributed by atoms with Gasteiger partial charge in [0, 0.05) is 44.9 Å². The Morgan fingerprint density at radius 3 is 2.59 bits per heavy atom. The van der Waals surface area contributed by atoms with Crippen molar-refractivity contribution in [3.63, 3.8) is 0 Å². The lowest BCUT2D eigenvalue weighted by Crippen LogP contribution is -2.35. The van der Waals surface area contributed by atoms with Crippen LogP contribution in [-0.4, -0.2) is 57.0 Å². The maximum Gasteiger partial charge on any atom is 0.257 e. The van der Waals surface area contributed by atoms with E-state index in [0.717, 1.165) is 57.0 Å². The Kier molecular flexibility index (Phi) is 4.98. The van der Waals surface area contributed by atoms with E-state index < -0.39 is 0 Å². The van der Waals surface area contributed by atoms with E-state index >= 15 is 0 Å². The maximum absolute atomic E-state index is 12.8. The van der Waals surface area contributed by atoms with Crippen LogP contribution in [0.15, 0.2) is 24.8 Å². The average Bonchev–Trinajstić information content (AvgIpc) is 3.11. The number of amides is 1. The second-order valence-corrected chi connectivity index (χ2v) is 7.39. The van der Waals surface area contributed by atoms with Gasteiger partial charge in [-0.3, -0.25) is 14.8 Å². The van der Waals surface area contributed by atoms with E-state index in [0.29, 0.717) is 18.1 Å². The number of rotatable bonds is 4. The number of carbonyl (C=O) groups excluding carboxylic acids is 1. The highest BCUT2D eigenvalue weighted by atomic mass is 16.5. The van der Waals surface area contributed by atoms with Crippen LogP contribution in [0, 0.1) is 12.3 Å². The molecule has 0 atom stereocenters. The zero-order valence-electron chi connectivity index (χ0n) is 15.5. The lowest BCUT2D eigenvalue weighted by Gasteiger charge is -2.33. The Bertz CT molecular complexity index is 787. The number of ether oxygens (including phenoxy) is 1. The third-order valence-corrected chi connectivity index (χ3v) is 5.44. The quantitative estimate of drug-likeness (QED) is 0.880. The molecule has 142 valence electrons. The van der Waals surface area contributed by atoms with Crippen molar-refractivity contribution < 1.29 is 9.53 Å². The molecule has 2 saturated heterocycles. The first-order chi connectivity index (χ1) is 13.1. The predicted molar refractivity (Wildman–Crippen MR) is 99.1 cm³/mol. The van der Waals surface area contributed by atoms with Crippen molar-refractivity contribution in [3.8, 4) is 0 Å². The molecule has 0 unspecified atom stereocenters. The van der Waals surface area contributed by atoms with Gasteiger partial charge in [-0.15, -0.1) is 0 Å². The van der Waals surface area contributed by atoms with Gasteiger partial charge in [0.15, 0.2) is 0 Å². The molecule has 4 heterocycles. The zero-order chi connectivity index (χ0) is 18.7. The van der Waals surface area contributed by atoms with E-state index in [-0.39, 0.29) is 11.3 Å². The third-order valence-electron chi connectivity index (χ3n) is 5.44. The summed E-state index contributed by atoms with van der Waals surface area (Å²) >= 11 is 0. The fourth-order valence-electron chi connectivity index (χ4n) is 3.71. The van der Waals surface area contributed by atoms with Gasteiger partial charge in [-0.1, -0.05) is 0 Å². The highest BCUT2D eigenvalue weighted by Crippen LogP contribution is 2.40. The average molecular weight is 368 g/mol. The summed E-state index contributed by atoms with van der Waals surface area (Å²) in [4.78, 5) is 31.7. The minimum absolute atomic E-state index is 0.00863. The lowest BCUT2D eigenvalue weighted by atomic mass is 9.80. The molecule has 8 heteroatoms. The molecule has 1 amide bonds. The summed E-state index contributed by atoms with van der Waals surface area (Å²) in [6, 6.07) is 0. The molecule has 8 nitrogen and oxygen atoms in total. The molecule has 0 aromatic carbocycles. The smallest absolute Gasteiger partial charge is 0.257 e. The molecular formula is C19H24N6O2. The fourth-order valence-corrected chi connectivity index (χ4v) is 3.71.